The highest BCUT2D eigenvalue weighted by atomic mass is 16.6. The summed E-state index contributed by atoms with van der Waals surface area (Å²) in [5.41, 5.74) is 1.79. The smallest absolute Gasteiger partial charge is 0.410 e. The summed E-state index contributed by atoms with van der Waals surface area (Å²) >= 11 is 0. The Morgan fingerprint density at radius 2 is 2.04 bits per heavy atom. The maximum atomic E-state index is 12.3. The molecule has 2 aromatic rings. The summed E-state index contributed by atoms with van der Waals surface area (Å²) in [5, 5.41) is 2.81. The fourth-order valence-electron chi connectivity index (χ4n) is 2.34. The molecule has 0 bridgehead atoms. The van der Waals surface area contributed by atoms with Gasteiger partial charge in [0.05, 0.1) is 6.54 Å². The molecule has 0 aromatic carbocycles. The van der Waals surface area contributed by atoms with Gasteiger partial charge in [0.15, 0.2) is 0 Å². The predicted octanol–water partition coefficient (Wildman–Crippen LogP) is 1.11. The third-order valence-electron chi connectivity index (χ3n) is 3.57. The van der Waals surface area contributed by atoms with Crippen LogP contribution in [0.15, 0.2) is 49.1 Å². The number of hydrogen-bond donors (Lipinski definition) is 1. The van der Waals surface area contributed by atoms with E-state index in [4.69, 9.17) is 4.74 Å². The number of amides is 2. The number of pyridine rings is 2. The van der Waals surface area contributed by atoms with Gasteiger partial charge in [-0.1, -0.05) is 6.07 Å². The molecule has 7 nitrogen and oxygen atoms in total. The van der Waals surface area contributed by atoms with Gasteiger partial charge >= 0.3 is 6.09 Å². The molecule has 1 fully saturated rings. The minimum atomic E-state index is -0.632. The molecule has 1 aliphatic rings. The van der Waals surface area contributed by atoms with E-state index in [1.165, 1.54) is 4.90 Å². The highest BCUT2D eigenvalue weighted by Crippen LogP contribution is 2.16. The van der Waals surface area contributed by atoms with E-state index in [-0.39, 0.29) is 12.5 Å². The zero-order valence-corrected chi connectivity index (χ0v) is 12.4. The Balaban J connectivity index is 1.63. The van der Waals surface area contributed by atoms with Crippen molar-refractivity contribution in [1.29, 1.82) is 0 Å². The quantitative estimate of drug-likeness (QED) is 0.894. The number of hydrogen-bond acceptors (Lipinski definition) is 5. The second kappa shape index (κ2) is 6.87. The van der Waals surface area contributed by atoms with Crippen molar-refractivity contribution in [2.45, 2.75) is 19.1 Å². The van der Waals surface area contributed by atoms with Crippen molar-refractivity contribution < 1.29 is 14.3 Å². The lowest BCUT2D eigenvalue weighted by Crippen LogP contribution is -2.45. The highest BCUT2D eigenvalue weighted by Gasteiger charge is 2.37. The van der Waals surface area contributed by atoms with Gasteiger partial charge in [-0.3, -0.25) is 19.7 Å². The van der Waals surface area contributed by atoms with E-state index in [1.807, 2.05) is 6.07 Å². The Morgan fingerprint density at radius 3 is 2.78 bits per heavy atom. The summed E-state index contributed by atoms with van der Waals surface area (Å²) in [6.07, 6.45) is 6.17. The van der Waals surface area contributed by atoms with E-state index in [1.54, 1.807) is 43.0 Å². The van der Waals surface area contributed by atoms with Crippen molar-refractivity contribution in [3.8, 4) is 0 Å². The van der Waals surface area contributed by atoms with Crippen LogP contribution in [0.4, 0.5) is 4.79 Å². The van der Waals surface area contributed by atoms with Crippen LogP contribution in [-0.2, 0) is 22.6 Å². The van der Waals surface area contributed by atoms with Gasteiger partial charge in [-0.25, -0.2) is 4.79 Å². The van der Waals surface area contributed by atoms with Crippen LogP contribution < -0.4 is 5.32 Å². The Kier molecular flexibility index (Phi) is 4.46. The summed E-state index contributed by atoms with van der Waals surface area (Å²) in [4.78, 5) is 33.6. The van der Waals surface area contributed by atoms with Gasteiger partial charge in [0.2, 0.25) is 5.91 Å². The molecule has 2 aromatic heterocycles. The Bertz CT molecular complexity index is 678. The Hall–Kier alpha value is -2.96. The molecule has 0 saturated carbocycles. The summed E-state index contributed by atoms with van der Waals surface area (Å²) in [6, 6.07) is 6.65. The number of carbonyl (C=O) groups is 2. The van der Waals surface area contributed by atoms with Gasteiger partial charge < -0.3 is 10.1 Å². The molecular formula is C16H16N4O3. The first-order valence-electron chi connectivity index (χ1n) is 7.23. The van der Waals surface area contributed by atoms with E-state index >= 15 is 0 Å². The van der Waals surface area contributed by atoms with Gasteiger partial charge in [-0.2, -0.15) is 0 Å². The average Bonchev–Trinajstić information content (AvgIpc) is 2.95. The van der Waals surface area contributed by atoms with Crippen LogP contribution >= 0.6 is 0 Å². The third-order valence-corrected chi connectivity index (χ3v) is 3.57. The maximum Gasteiger partial charge on any atom is 0.410 e. The first-order valence-corrected chi connectivity index (χ1v) is 7.23. The zero-order chi connectivity index (χ0) is 16.1. The number of aromatic nitrogens is 2. The van der Waals surface area contributed by atoms with Crippen LogP contribution in [0.25, 0.3) is 0 Å². The van der Waals surface area contributed by atoms with Crippen molar-refractivity contribution in [2.75, 3.05) is 6.61 Å². The number of nitrogens with one attached hydrogen (secondary N) is 1. The maximum absolute atomic E-state index is 12.3. The molecule has 1 aliphatic heterocycles. The molecule has 1 saturated heterocycles. The van der Waals surface area contributed by atoms with Gasteiger partial charge in [-0.15, -0.1) is 0 Å². The Labute approximate surface area is 133 Å². The van der Waals surface area contributed by atoms with Gasteiger partial charge in [0.25, 0.3) is 0 Å². The fraction of sp³-hybridized carbons (Fsp3) is 0.250. The molecule has 0 spiro atoms. The highest BCUT2D eigenvalue weighted by molar-refractivity contribution is 5.87. The second-order valence-electron chi connectivity index (χ2n) is 5.16. The van der Waals surface area contributed by atoms with Gasteiger partial charge in [0.1, 0.15) is 12.6 Å². The molecule has 7 heteroatoms. The standard InChI is InChI=1S/C16H16N4O3/c21-15(19-9-13-2-1-5-18-8-13)14-11-23-16(22)20(14)10-12-3-6-17-7-4-12/h1-8,14H,9-11H2,(H,19,21)/t14-/m0/s1. The Morgan fingerprint density at radius 1 is 1.22 bits per heavy atom. The van der Waals surface area contributed by atoms with Gasteiger partial charge in [-0.05, 0) is 29.3 Å². The molecule has 23 heavy (non-hydrogen) atoms. The number of nitrogens with zero attached hydrogens (tertiary/aromatic N) is 3. The second-order valence-corrected chi connectivity index (χ2v) is 5.16. The van der Waals surface area contributed by atoms with Crippen LogP contribution in [0.2, 0.25) is 0 Å². The molecule has 0 aliphatic carbocycles. The van der Waals surface area contributed by atoms with E-state index in [2.05, 4.69) is 15.3 Å². The van der Waals surface area contributed by atoms with E-state index < -0.39 is 12.1 Å². The van der Waals surface area contributed by atoms with E-state index in [0.29, 0.717) is 13.1 Å². The third kappa shape index (κ3) is 3.63. The molecule has 3 rings (SSSR count). The minimum Gasteiger partial charge on any atom is -0.447 e. The van der Waals surface area contributed by atoms with E-state index in [0.717, 1.165) is 11.1 Å². The molecule has 1 atom stereocenters. The summed E-state index contributed by atoms with van der Waals surface area (Å²) in [7, 11) is 0. The van der Waals surface area contributed by atoms with Crippen molar-refractivity contribution >= 4 is 12.0 Å². The summed E-state index contributed by atoms with van der Waals surface area (Å²) < 4.78 is 5.02. The first-order chi connectivity index (χ1) is 11.2. The SMILES string of the molecule is O=C(NCc1cccnc1)[C@@H]1COC(=O)N1Cc1ccncc1. The molecule has 3 heterocycles. The average molecular weight is 312 g/mol. The van der Waals surface area contributed by atoms with Crippen molar-refractivity contribution in [3.63, 3.8) is 0 Å². The van der Waals surface area contributed by atoms with E-state index in [9.17, 15) is 9.59 Å². The molecule has 0 radical (unpaired) electrons. The molecule has 118 valence electrons. The lowest BCUT2D eigenvalue weighted by Gasteiger charge is -2.20. The summed E-state index contributed by atoms with van der Waals surface area (Å²) in [6.45, 7) is 0.732. The van der Waals surface area contributed by atoms with Crippen molar-refractivity contribution in [3.05, 3.63) is 60.2 Å². The van der Waals surface area contributed by atoms with Crippen LogP contribution in [0.1, 0.15) is 11.1 Å². The number of ether oxygens (including phenoxy) is 1. The number of cyclic esters (lactones) is 1. The van der Waals surface area contributed by atoms with Gasteiger partial charge in [0, 0.05) is 31.3 Å². The van der Waals surface area contributed by atoms with Crippen LogP contribution in [0, 0.1) is 0 Å². The normalized spacial score (nSPS) is 17.0. The molecule has 0 unspecified atom stereocenters. The predicted molar refractivity (Wildman–Crippen MR) is 81.0 cm³/mol. The largest absolute Gasteiger partial charge is 0.447 e. The topological polar surface area (TPSA) is 84.4 Å². The van der Waals surface area contributed by atoms with Crippen molar-refractivity contribution in [2.24, 2.45) is 0 Å². The number of rotatable bonds is 5. The summed E-state index contributed by atoms with van der Waals surface area (Å²) in [5.74, 6) is -0.242. The molecule has 2 amide bonds. The molecule has 1 N–H and O–H groups in total. The fourth-order valence-corrected chi connectivity index (χ4v) is 2.34. The van der Waals surface area contributed by atoms with Crippen LogP contribution in [0.5, 0.6) is 0 Å². The first kappa shape index (κ1) is 15.0. The number of carbonyl (C=O) groups excluding carboxylic acids is 2. The van der Waals surface area contributed by atoms with Crippen LogP contribution in [-0.4, -0.2) is 39.5 Å². The zero-order valence-electron chi connectivity index (χ0n) is 12.4. The lowest BCUT2D eigenvalue weighted by molar-refractivity contribution is -0.125. The lowest BCUT2D eigenvalue weighted by atomic mass is 10.2. The van der Waals surface area contributed by atoms with Crippen molar-refractivity contribution in [1.82, 2.24) is 20.2 Å². The van der Waals surface area contributed by atoms with Crippen LogP contribution in [0.3, 0.4) is 0 Å². The molecular weight excluding hydrogens is 296 g/mol. The monoisotopic (exact) mass is 312 g/mol. The minimum absolute atomic E-state index is 0.0583.